The van der Waals surface area contributed by atoms with Gasteiger partial charge < -0.3 is 13.9 Å². The zero-order valence-corrected chi connectivity index (χ0v) is 10.7. The van der Waals surface area contributed by atoms with Crippen LogP contribution in [-0.4, -0.2) is 16.6 Å². The van der Waals surface area contributed by atoms with Crippen molar-refractivity contribution in [1.82, 2.24) is 9.97 Å². The second kappa shape index (κ2) is 5.74. The number of alkyl halides is 2. The lowest BCUT2D eigenvalue weighted by Gasteiger charge is -2.08. The van der Waals surface area contributed by atoms with E-state index in [1.807, 2.05) is 0 Å². The Labute approximate surface area is 118 Å². The van der Waals surface area contributed by atoms with Crippen molar-refractivity contribution in [2.75, 3.05) is 0 Å². The summed E-state index contributed by atoms with van der Waals surface area (Å²) < 4.78 is 39.4. The average molecular weight is 292 g/mol. The molecule has 0 radical (unpaired) electrons. The monoisotopic (exact) mass is 292 g/mol. The van der Waals surface area contributed by atoms with Gasteiger partial charge in [0.15, 0.2) is 0 Å². The smallest absolute Gasteiger partial charge is 0.387 e. The van der Waals surface area contributed by atoms with Gasteiger partial charge >= 0.3 is 6.61 Å². The summed E-state index contributed by atoms with van der Waals surface area (Å²) in [5.41, 5.74) is 1.75. The zero-order chi connectivity index (χ0) is 14.7. The van der Waals surface area contributed by atoms with Gasteiger partial charge in [-0.25, -0.2) is 4.98 Å². The number of aromatic nitrogens is 2. The van der Waals surface area contributed by atoms with Gasteiger partial charge in [-0.05, 0) is 17.7 Å². The van der Waals surface area contributed by atoms with Crippen LogP contribution < -0.4 is 9.47 Å². The van der Waals surface area contributed by atoms with Crippen LogP contribution in [-0.2, 0) is 6.61 Å². The van der Waals surface area contributed by atoms with Gasteiger partial charge in [-0.1, -0.05) is 12.1 Å². The maximum absolute atomic E-state index is 12.2. The van der Waals surface area contributed by atoms with E-state index in [0.717, 1.165) is 0 Å². The maximum Gasteiger partial charge on any atom is 0.387 e. The summed E-state index contributed by atoms with van der Waals surface area (Å²) >= 11 is 0. The summed E-state index contributed by atoms with van der Waals surface area (Å²) in [6, 6.07) is 7.97. The number of ether oxygens (including phenoxy) is 2. The summed E-state index contributed by atoms with van der Waals surface area (Å²) in [6.45, 7) is -2.71. The van der Waals surface area contributed by atoms with Crippen LogP contribution in [0.1, 0.15) is 5.56 Å². The molecule has 21 heavy (non-hydrogen) atoms. The Kier molecular flexibility index (Phi) is 3.63. The number of benzene rings is 1. The van der Waals surface area contributed by atoms with E-state index < -0.39 is 6.61 Å². The summed E-state index contributed by atoms with van der Waals surface area (Å²) in [5, 5.41) is 0. The Morgan fingerprint density at radius 1 is 1.19 bits per heavy atom. The van der Waals surface area contributed by atoms with Crippen molar-refractivity contribution in [1.29, 1.82) is 0 Å². The van der Waals surface area contributed by atoms with Crippen molar-refractivity contribution in [2.45, 2.75) is 13.2 Å². The minimum Gasteiger partial charge on any atom is -0.470 e. The van der Waals surface area contributed by atoms with E-state index in [2.05, 4.69) is 14.7 Å². The van der Waals surface area contributed by atoms with E-state index in [-0.39, 0.29) is 12.4 Å². The average Bonchev–Trinajstić information content (AvgIpc) is 2.93. The molecule has 0 unspecified atom stereocenters. The van der Waals surface area contributed by atoms with Crippen LogP contribution >= 0.6 is 0 Å². The number of rotatable bonds is 5. The first-order valence-electron chi connectivity index (χ1n) is 6.07. The maximum atomic E-state index is 12.2. The quantitative estimate of drug-likeness (QED) is 0.721. The van der Waals surface area contributed by atoms with Crippen LogP contribution in [0.5, 0.6) is 11.6 Å². The molecule has 2 aromatic heterocycles. The molecule has 0 atom stereocenters. The van der Waals surface area contributed by atoms with Gasteiger partial charge in [0.05, 0.1) is 6.26 Å². The highest BCUT2D eigenvalue weighted by Gasteiger charge is 2.09. The van der Waals surface area contributed by atoms with E-state index in [1.54, 1.807) is 18.2 Å². The molecular weight excluding hydrogens is 282 g/mol. The molecule has 0 N–H and O–H groups in total. The van der Waals surface area contributed by atoms with Gasteiger partial charge in [0.25, 0.3) is 5.88 Å². The zero-order valence-electron chi connectivity index (χ0n) is 10.7. The summed E-state index contributed by atoms with van der Waals surface area (Å²) in [5.74, 6) is 0.377. The van der Waals surface area contributed by atoms with Gasteiger partial charge in [-0.2, -0.15) is 13.8 Å². The lowest BCUT2D eigenvalue weighted by atomic mass is 10.2. The molecular formula is C14H10F2N2O3. The number of hydrogen-bond acceptors (Lipinski definition) is 5. The molecule has 7 heteroatoms. The normalized spacial score (nSPS) is 11.0. The Hall–Kier alpha value is -2.70. The van der Waals surface area contributed by atoms with Crippen LogP contribution in [0.2, 0.25) is 0 Å². The highest BCUT2D eigenvalue weighted by Crippen LogP contribution is 2.23. The predicted octanol–water partition coefficient (Wildman–Crippen LogP) is 3.40. The SMILES string of the molecule is FC(F)Oc1cccc(COc2ncnc3ccoc23)c1. The minimum atomic E-state index is -2.86. The molecule has 108 valence electrons. The van der Waals surface area contributed by atoms with E-state index in [0.29, 0.717) is 22.5 Å². The van der Waals surface area contributed by atoms with Crippen molar-refractivity contribution in [3.05, 3.63) is 48.5 Å². The van der Waals surface area contributed by atoms with E-state index in [4.69, 9.17) is 9.15 Å². The number of nitrogens with zero attached hydrogens (tertiary/aromatic N) is 2. The van der Waals surface area contributed by atoms with Crippen molar-refractivity contribution in [3.63, 3.8) is 0 Å². The predicted molar refractivity (Wildman–Crippen MR) is 69.2 cm³/mol. The molecule has 1 aromatic carbocycles. The Bertz CT molecular complexity index is 746. The highest BCUT2D eigenvalue weighted by molar-refractivity contribution is 5.76. The molecule has 0 aliphatic carbocycles. The largest absolute Gasteiger partial charge is 0.470 e. The van der Waals surface area contributed by atoms with Crippen molar-refractivity contribution >= 4 is 11.1 Å². The third-order valence-electron chi connectivity index (χ3n) is 2.71. The molecule has 0 saturated heterocycles. The molecule has 0 saturated carbocycles. The van der Waals surface area contributed by atoms with E-state index >= 15 is 0 Å². The molecule has 2 heterocycles. The summed E-state index contributed by atoms with van der Waals surface area (Å²) in [4.78, 5) is 8.00. The Morgan fingerprint density at radius 3 is 2.95 bits per heavy atom. The van der Waals surface area contributed by atoms with Gasteiger partial charge in [-0.3, -0.25) is 0 Å². The first-order valence-corrected chi connectivity index (χ1v) is 6.07. The second-order valence-electron chi connectivity index (χ2n) is 4.13. The molecule has 0 spiro atoms. The van der Waals surface area contributed by atoms with Crippen molar-refractivity contribution < 1.29 is 22.7 Å². The van der Waals surface area contributed by atoms with E-state index in [1.165, 1.54) is 24.7 Å². The van der Waals surface area contributed by atoms with Gasteiger partial charge in [0.1, 0.15) is 24.2 Å². The van der Waals surface area contributed by atoms with Crippen molar-refractivity contribution in [3.8, 4) is 11.6 Å². The first-order chi connectivity index (χ1) is 10.2. The topological polar surface area (TPSA) is 57.4 Å². The van der Waals surface area contributed by atoms with Crippen molar-refractivity contribution in [2.24, 2.45) is 0 Å². The molecule has 3 aromatic rings. The highest BCUT2D eigenvalue weighted by atomic mass is 19.3. The number of furan rings is 1. The third kappa shape index (κ3) is 3.07. The van der Waals surface area contributed by atoms with Gasteiger partial charge in [0, 0.05) is 6.07 Å². The molecule has 0 fully saturated rings. The van der Waals surface area contributed by atoms with Gasteiger partial charge in [0.2, 0.25) is 5.58 Å². The Morgan fingerprint density at radius 2 is 2.10 bits per heavy atom. The van der Waals surface area contributed by atoms with E-state index in [9.17, 15) is 8.78 Å². The standard InChI is InChI=1S/C14H10F2N2O3/c15-14(16)21-10-3-1-2-9(6-10)7-20-13-12-11(4-5-19-12)17-8-18-13/h1-6,8,14H,7H2. The fourth-order valence-corrected chi connectivity index (χ4v) is 1.83. The number of fused-ring (bicyclic) bond motifs is 1. The molecule has 0 aliphatic heterocycles. The molecule has 3 rings (SSSR count). The molecule has 5 nitrogen and oxygen atoms in total. The van der Waals surface area contributed by atoms with Crippen LogP contribution in [0.25, 0.3) is 11.1 Å². The van der Waals surface area contributed by atoms with Crippen LogP contribution in [0.4, 0.5) is 8.78 Å². The first kappa shape index (κ1) is 13.3. The minimum absolute atomic E-state index is 0.0805. The fourth-order valence-electron chi connectivity index (χ4n) is 1.83. The summed E-state index contributed by atoms with van der Waals surface area (Å²) in [6.07, 6.45) is 2.85. The molecule has 0 amide bonds. The van der Waals surface area contributed by atoms with Crippen LogP contribution in [0, 0.1) is 0 Å². The molecule has 0 bridgehead atoms. The lowest BCUT2D eigenvalue weighted by molar-refractivity contribution is -0.0499. The lowest BCUT2D eigenvalue weighted by Crippen LogP contribution is -2.03. The molecule has 0 aliphatic rings. The number of hydrogen-bond donors (Lipinski definition) is 0. The van der Waals surface area contributed by atoms with Gasteiger partial charge in [-0.15, -0.1) is 0 Å². The van der Waals surface area contributed by atoms with Crippen LogP contribution in [0.3, 0.4) is 0 Å². The van der Waals surface area contributed by atoms with Crippen LogP contribution in [0.15, 0.2) is 47.3 Å². The number of halogens is 2. The summed E-state index contributed by atoms with van der Waals surface area (Å²) in [7, 11) is 0. The second-order valence-corrected chi connectivity index (χ2v) is 4.13. The third-order valence-corrected chi connectivity index (χ3v) is 2.71. The fraction of sp³-hybridized carbons (Fsp3) is 0.143. The Balaban J connectivity index is 1.74.